The lowest BCUT2D eigenvalue weighted by Gasteiger charge is -2.13. The Morgan fingerprint density at radius 3 is 2.56 bits per heavy atom. The highest BCUT2D eigenvalue weighted by Gasteiger charge is 2.31. The molecular weight excluding hydrogens is 238 g/mol. The molecule has 0 spiro atoms. The van der Waals surface area contributed by atoms with Crippen molar-refractivity contribution < 1.29 is 9.53 Å². The lowest BCUT2D eigenvalue weighted by molar-refractivity contribution is 0.0523. The lowest BCUT2D eigenvalue weighted by atomic mass is 10.3. The summed E-state index contributed by atoms with van der Waals surface area (Å²) in [7, 11) is 1.33. The van der Waals surface area contributed by atoms with E-state index in [1.807, 2.05) is 0 Å². The first kappa shape index (κ1) is 12.4. The van der Waals surface area contributed by atoms with Gasteiger partial charge in [-0.2, -0.15) is 0 Å². The van der Waals surface area contributed by atoms with Gasteiger partial charge in [0.25, 0.3) is 5.56 Å². The van der Waals surface area contributed by atoms with Gasteiger partial charge >= 0.3 is 11.7 Å². The molecule has 0 saturated heterocycles. The molecule has 18 heavy (non-hydrogen) atoms. The van der Waals surface area contributed by atoms with Crippen molar-refractivity contribution in [3.8, 4) is 0 Å². The van der Waals surface area contributed by atoms with Gasteiger partial charge in [-0.15, -0.1) is 0 Å². The number of carbonyl (C=O) groups excluding carboxylic acids is 1. The highest BCUT2D eigenvalue weighted by atomic mass is 16.5. The van der Waals surface area contributed by atoms with Gasteiger partial charge in [0.05, 0.1) is 6.61 Å². The minimum absolute atomic E-state index is 0.0162. The highest BCUT2D eigenvalue weighted by molar-refractivity contribution is 5.93. The summed E-state index contributed by atoms with van der Waals surface area (Å²) < 4.78 is 6.98. The third-order valence-corrected chi connectivity index (χ3v) is 2.92. The lowest BCUT2D eigenvalue weighted by Crippen LogP contribution is -2.42. The van der Waals surface area contributed by atoms with Crippen LogP contribution in [0.2, 0.25) is 0 Å². The van der Waals surface area contributed by atoms with E-state index in [4.69, 9.17) is 10.5 Å². The fraction of sp³-hybridized carbons (Fsp3) is 0.545. The number of anilines is 1. The van der Waals surface area contributed by atoms with Gasteiger partial charge in [-0.3, -0.25) is 13.9 Å². The van der Waals surface area contributed by atoms with Gasteiger partial charge < -0.3 is 10.5 Å². The smallest absolute Gasteiger partial charge is 0.347 e. The molecule has 2 rings (SSSR count). The monoisotopic (exact) mass is 253 g/mol. The molecule has 0 aliphatic heterocycles. The fourth-order valence-corrected chi connectivity index (χ4v) is 1.83. The van der Waals surface area contributed by atoms with Crippen LogP contribution in [0.15, 0.2) is 9.59 Å². The second-order valence-corrected chi connectivity index (χ2v) is 4.23. The minimum atomic E-state index is -0.787. The van der Waals surface area contributed by atoms with Gasteiger partial charge in [-0.05, 0) is 19.8 Å². The summed E-state index contributed by atoms with van der Waals surface area (Å²) in [4.78, 5) is 35.5. The molecule has 1 saturated carbocycles. The van der Waals surface area contributed by atoms with Crippen LogP contribution >= 0.6 is 0 Å². The molecule has 1 heterocycles. The Labute approximate surface area is 103 Å². The largest absolute Gasteiger partial charge is 0.462 e. The molecule has 0 amide bonds. The SMILES string of the molecule is CCOC(=O)c1c(N)n(C2CC2)c(=O)n(C)c1=O. The zero-order valence-corrected chi connectivity index (χ0v) is 10.3. The summed E-state index contributed by atoms with van der Waals surface area (Å²) in [6.07, 6.45) is 1.65. The fourth-order valence-electron chi connectivity index (χ4n) is 1.83. The van der Waals surface area contributed by atoms with Gasteiger partial charge in [0.2, 0.25) is 0 Å². The molecule has 1 aromatic heterocycles. The second kappa shape index (κ2) is 4.32. The predicted molar refractivity (Wildman–Crippen MR) is 64.6 cm³/mol. The summed E-state index contributed by atoms with van der Waals surface area (Å²) in [5.41, 5.74) is 4.31. The third kappa shape index (κ3) is 1.81. The first-order valence-electron chi connectivity index (χ1n) is 5.77. The van der Waals surface area contributed by atoms with E-state index in [1.54, 1.807) is 6.92 Å². The van der Waals surface area contributed by atoms with Crippen LogP contribution in [0.4, 0.5) is 5.82 Å². The predicted octanol–water partition coefficient (Wildman–Crippen LogP) is -0.359. The number of carbonyl (C=O) groups is 1. The highest BCUT2D eigenvalue weighted by Crippen LogP contribution is 2.35. The van der Waals surface area contributed by atoms with E-state index in [-0.39, 0.29) is 24.0 Å². The van der Waals surface area contributed by atoms with Gasteiger partial charge in [-0.25, -0.2) is 9.59 Å². The number of nitrogens with zero attached hydrogens (tertiary/aromatic N) is 2. The minimum Gasteiger partial charge on any atom is -0.462 e. The quantitative estimate of drug-likeness (QED) is 0.742. The van der Waals surface area contributed by atoms with Crippen molar-refractivity contribution >= 4 is 11.8 Å². The van der Waals surface area contributed by atoms with Crippen LogP contribution in [-0.4, -0.2) is 21.7 Å². The zero-order chi connectivity index (χ0) is 13.4. The Bertz CT molecular complexity index is 610. The van der Waals surface area contributed by atoms with Crippen LogP contribution in [0.25, 0.3) is 0 Å². The number of hydrogen-bond acceptors (Lipinski definition) is 5. The van der Waals surface area contributed by atoms with Crippen molar-refractivity contribution in [1.82, 2.24) is 9.13 Å². The van der Waals surface area contributed by atoms with Crippen molar-refractivity contribution in [3.63, 3.8) is 0 Å². The summed E-state index contributed by atoms with van der Waals surface area (Å²) in [5, 5.41) is 0. The summed E-state index contributed by atoms with van der Waals surface area (Å²) in [6.45, 7) is 1.78. The number of nitrogen functional groups attached to an aromatic ring is 1. The van der Waals surface area contributed by atoms with Gasteiger partial charge in [0.15, 0.2) is 5.56 Å². The van der Waals surface area contributed by atoms with Gasteiger partial charge in [0.1, 0.15) is 5.82 Å². The summed E-state index contributed by atoms with van der Waals surface area (Å²) in [5.74, 6) is -0.881. The molecule has 98 valence electrons. The van der Waals surface area contributed by atoms with E-state index in [9.17, 15) is 14.4 Å². The Balaban J connectivity index is 2.69. The second-order valence-electron chi connectivity index (χ2n) is 4.23. The maximum atomic E-state index is 11.9. The van der Waals surface area contributed by atoms with Crippen LogP contribution < -0.4 is 17.0 Å². The normalized spacial score (nSPS) is 14.6. The molecule has 0 unspecified atom stereocenters. The van der Waals surface area contributed by atoms with Gasteiger partial charge in [-0.1, -0.05) is 0 Å². The summed E-state index contributed by atoms with van der Waals surface area (Å²) >= 11 is 0. The molecule has 2 N–H and O–H groups in total. The molecule has 0 atom stereocenters. The number of hydrogen-bond donors (Lipinski definition) is 1. The molecule has 1 aliphatic carbocycles. The molecule has 7 heteroatoms. The average Bonchev–Trinajstić information content (AvgIpc) is 3.11. The Morgan fingerprint density at radius 1 is 1.44 bits per heavy atom. The molecule has 0 bridgehead atoms. The van der Waals surface area contributed by atoms with Crippen molar-refractivity contribution in [3.05, 3.63) is 26.4 Å². The van der Waals surface area contributed by atoms with Crippen LogP contribution in [0, 0.1) is 0 Å². The van der Waals surface area contributed by atoms with E-state index >= 15 is 0 Å². The van der Waals surface area contributed by atoms with E-state index in [2.05, 4.69) is 0 Å². The number of esters is 1. The topological polar surface area (TPSA) is 96.3 Å². The first-order valence-corrected chi connectivity index (χ1v) is 5.77. The van der Waals surface area contributed by atoms with E-state index < -0.39 is 17.2 Å². The Kier molecular flexibility index (Phi) is 2.98. The molecule has 7 nitrogen and oxygen atoms in total. The zero-order valence-electron chi connectivity index (χ0n) is 10.3. The standard InChI is InChI=1S/C11H15N3O4/c1-3-18-10(16)7-8(12)14(6-4-5-6)11(17)13(2)9(7)15/h6H,3-5,12H2,1-2H3. The maximum Gasteiger partial charge on any atom is 0.347 e. The Morgan fingerprint density at radius 2 is 2.06 bits per heavy atom. The first-order chi connectivity index (χ1) is 8.49. The molecule has 0 aromatic carbocycles. The number of aromatic nitrogens is 2. The van der Waals surface area contributed by atoms with E-state index in [0.717, 1.165) is 17.4 Å². The third-order valence-electron chi connectivity index (χ3n) is 2.92. The van der Waals surface area contributed by atoms with Crippen LogP contribution in [-0.2, 0) is 11.8 Å². The van der Waals surface area contributed by atoms with Crippen LogP contribution in [0.5, 0.6) is 0 Å². The molecule has 0 radical (unpaired) electrons. The summed E-state index contributed by atoms with van der Waals surface area (Å²) in [6, 6.07) is -0.0162. The molecule has 1 aromatic rings. The van der Waals surface area contributed by atoms with Crippen molar-refractivity contribution in [2.24, 2.45) is 7.05 Å². The van der Waals surface area contributed by atoms with Crippen molar-refractivity contribution in [2.45, 2.75) is 25.8 Å². The van der Waals surface area contributed by atoms with E-state index in [0.29, 0.717) is 0 Å². The average molecular weight is 253 g/mol. The number of nitrogens with two attached hydrogens (primary N) is 1. The van der Waals surface area contributed by atoms with Crippen LogP contribution in [0.3, 0.4) is 0 Å². The van der Waals surface area contributed by atoms with Crippen LogP contribution in [0.1, 0.15) is 36.2 Å². The molecular formula is C11H15N3O4. The maximum absolute atomic E-state index is 11.9. The Hall–Kier alpha value is -2.05. The number of ether oxygens (including phenoxy) is 1. The van der Waals surface area contributed by atoms with Crippen molar-refractivity contribution in [2.75, 3.05) is 12.3 Å². The van der Waals surface area contributed by atoms with Gasteiger partial charge in [0, 0.05) is 13.1 Å². The number of rotatable bonds is 3. The van der Waals surface area contributed by atoms with Crippen molar-refractivity contribution in [1.29, 1.82) is 0 Å². The molecule has 1 fully saturated rings. The molecule has 1 aliphatic rings. The van der Waals surface area contributed by atoms with E-state index in [1.165, 1.54) is 11.6 Å².